The fraction of sp³-hybridized carbons (Fsp3) is 1.00. The smallest absolute Gasteiger partial charge is 0.238 e. The molecule has 1 saturated carbocycles. The molecule has 0 saturated heterocycles. The Balaban J connectivity index is 2.70. The second kappa shape index (κ2) is 3.29. The van der Waals surface area contributed by atoms with E-state index in [0.717, 1.165) is 12.8 Å². The minimum Gasteiger partial charge on any atom is -0.392 e. The van der Waals surface area contributed by atoms with Gasteiger partial charge in [0.2, 0.25) is 9.05 Å². The van der Waals surface area contributed by atoms with E-state index in [1.54, 1.807) is 0 Å². The molecule has 0 bridgehead atoms. The van der Waals surface area contributed by atoms with Gasteiger partial charge in [-0.3, -0.25) is 0 Å². The van der Waals surface area contributed by atoms with Gasteiger partial charge in [0.05, 0.1) is 6.10 Å². The van der Waals surface area contributed by atoms with Gasteiger partial charge < -0.3 is 5.11 Å². The van der Waals surface area contributed by atoms with Crippen LogP contribution < -0.4 is 0 Å². The van der Waals surface area contributed by atoms with Crippen molar-refractivity contribution in [3.63, 3.8) is 0 Å². The third-order valence-electron chi connectivity index (χ3n) is 2.03. The molecule has 0 aromatic heterocycles. The molecular formula is C6H11ClO3S. The van der Waals surface area contributed by atoms with Gasteiger partial charge in [-0.1, -0.05) is 12.8 Å². The van der Waals surface area contributed by atoms with Crippen LogP contribution >= 0.6 is 10.7 Å². The first-order chi connectivity index (χ1) is 5.02. The molecule has 66 valence electrons. The highest BCUT2D eigenvalue weighted by Crippen LogP contribution is 2.26. The van der Waals surface area contributed by atoms with Crippen LogP contribution in [0.25, 0.3) is 0 Å². The van der Waals surface area contributed by atoms with Gasteiger partial charge in [-0.15, -0.1) is 0 Å². The molecule has 3 nitrogen and oxygen atoms in total. The Labute approximate surface area is 70.8 Å². The van der Waals surface area contributed by atoms with Crippen LogP contribution in [0.1, 0.15) is 25.7 Å². The lowest BCUT2D eigenvalue weighted by Gasteiger charge is -2.24. The zero-order valence-corrected chi connectivity index (χ0v) is 7.61. The number of halogens is 1. The molecule has 0 amide bonds. The summed E-state index contributed by atoms with van der Waals surface area (Å²) in [5.41, 5.74) is 0. The van der Waals surface area contributed by atoms with Crippen molar-refractivity contribution in [2.75, 3.05) is 0 Å². The average molecular weight is 199 g/mol. The zero-order chi connectivity index (χ0) is 8.48. The normalized spacial score (nSPS) is 33.6. The molecule has 5 heteroatoms. The van der Waals surface area contributed by atoms with Crippen LogP contribution in [0, 0.1) is 0 Å². The Morgan fingerprint density at radius 2 is 1.82 bits per heavy atom. The number of aliphatic hydroxyl groups excluding tert-OH is 1. The topological polar surface area (TPSA) is 54.4 Å². The minimum absolute atomic E-state index is 0.493. The van der Waals surface area contributed by atoms with Gasteiger partial charge in [0, 0.05) is 10.7 Å². The van der Waals surface area contributed by atoms with Crippen molar-refractivity contribution in [3.8, 4) is 0 Å². The SMILES string of the molecule is O=S(=O)(Cl)C1CCCCC1O. The van der Waals surface area contributed by atoms with Crippen molar-refractivity contribution in [1.29, 1.82) is 0 Å². The number of hydrogen-bond donors (Lipinski definition) is 1. The van der Waals surface area contributed by atoms with Crippen LogP contribution in [-0.4, -0.2) is 24.9 Å². The molecule has 2 unspecified atom stereocenters. The van der Waals surface area contributed by atoms with E-state index < -0.39 is 20.4 Å². The van der Waals surface area contributed by atoms with Crippen molar-refractivity contribution < 1.29 is 13.5 Å². The third-order valence-corrected chi connectivity index (χ3v) is 3.99. The molecule has 1 rings (SSSR count). The molecular weight excluding hydrogens is 188 g/mol. The first-order valence-electron chi connectivity index (χ1n) is 3.63. The third kappa shape index (κ3) is 2.32. The van der Waals surface area contributed by atoms with Gasteiger partial charge in [0.1, 0.15) is 5.25 Å². The Morgan fingerprint density at radius 3 is 2.18 bits per heavy atom. The van der Waals surface area contributed by atoms with Crippen LogP contribution in [-0.2, 0) is 9.05 Å². The first-order valence-corrected chi connectivity index (χ1v) is 6.00. The van der Waals surface area contributed by atoms with E-state index in [2.05, 4.69) is 0 Å². The predicted octanol–water partition coefficient (Wildman–Crippen LogP) is 0.859. The number of aliphatic hydroxyl groups is 1. The maximum absolute atomic E-state index is 10.8. The van der Waals surface area contributed by atoms with E-state index in [4.69, 9.17) is 10.7 Å². The van der Waals surface area contributed by atoms with Crippen molar-refractivity contribution in [2.45, 2.75) is 37.0 Å². The minimum atomic E-state index is -3.55. The standard InChI is InChI=1S/C6H11ClO3S/c7-11(9,10)6-4-2-1-3-5(6)8/h5-6,8H,1-4H2. The van der Waals surface area contributed by atoms with E-state index in [9.17, 15) is 13.5 Å². The molecule has 1 aliphatic rings. The Morgan fingerprint density at radius 1 is 1.27 bits per heavy atom. The monoisotopic (exact) mass is 198 g/mol. The quantitative estimate of drug-likeness (QED) is 0.636. The van der Waals surface area contributed by atoms with Crippen LogP contribution in [0.2, 0.25) is 0 Å². The van der Waals surface area contributed by atoms with E-state index in [1.807, 2.05) is 0 Å². The Hall–Kier alpha value is 0.200. The lowest BCUT2D eigenvalue weighted by Crippen LogP contribution is -2.34. The second-order valence-corrected chi connectivity index (χ2v) is 5.71. The summed E-state index contributed by atoms with van der Waals surface area (Å²) in [6.07, 6.45) is 2.02. The summed E-state index contributed by atoms with van der Waals surface area (Å²) in [4.78, 5) is 0. The van der Waals surface area contributed by atoms with Crippen LogP contribution in [0.3, 0.4) is 0 Å². The molecule has 0 heterocycles. The molecule has 1 N–H and O–H groups in total. The summed E-state index contributed by atoms with van der Waals surface area (Å²) in [5, 5.41) is 8.50. The van der Waals surface area contributed by atoms with Gasteiger partial charge >= 0.3 is 0 Å². The highest BCUT2D eigenvalue weighted by Gasteiger charge is 2.32. The molecule has 1 fully saturated rings. The van der Waals surface area contributed by atoms with Crippen molar-refractivity contribution in [1.82, 2.24) is 0 Å². The maximum Gasteiger partial charge on any atom is 0.238 e. The maximum atomic E-state index is 10.8. The molecule has 1 aliphatic carbocycles. The summed E-state index contributed by atoms with van der Waals surface area (Å²) >= 11 is 0. The van der Waals surface area contributed by atoms with Crippen LogP contribution in [0.5, 0.6) is 0 Å². The van der Waals surface area contributed by atoms with Crippen molar-refractivity contribution in [2.24, 2.45) is 0 Å². The first kappa shape index (κ1) is 9.29. The summed E-state index contributed by atoms with van der Waals surface area (Å²) in [6.45, 7) is 0. The van der Waals surface area contributed by atoms with Crippen molar-refractivity contribution >= 4 is 19.7 Å². The van der Waals surface area contributed by atoms with Gasteiger partial charge in [-0.25, -0.2) is 8.42 Å². The van der Waals surface area contributed by atoms with Gasteiger partial charge in [0.25, 0.3) is 0 Å². The number of hydrogen-bond acceptors (Lipinski definition) is 3. The second-order valence-electron chi connectivity index (χ2n) is 2.87. The van der Waals surface area contributed by atoms with Gasteiger partial charge in [0.15, 0.2) is 0 Å². The van der Waals surface area contributed by atoms with E-state index in [0.29, 0.717) is 12.8 Å². The van der Waals surface area contributed by atoms with E-state index in [-0.39, 0.29) is 0 Å². The molecule has 0 spiro atoms. The molecule has 11 heavy (non-hydrogen) atoms. The lowest BCUT2D eigenvalue weighted by molar-refractivity contribution is 0.134. The van der Waals surface area contributed by atoms with Gasteiger partial charge in [-0.05, 0) is 12.8 Å². The largest absolute Gasteiger partial charge is 0.392 e. The Kier molecular flexibility index (Phi) is 2.78. The van der Waals surface area contributed by atoms with Crippen LogP contribution in [0.4, 0.5) is 0 Å². The van der Waals surface area contributed by atoms with E-state index in [1.165, 1.54) is 0 Å². The predicted molar refractivity (Wildman–Crippen MR) is 43.0 cm³/mol. The summed E-state index contributed by atoms with van der Waals surface area (Å²) < 4.78 is 21.6. The fourth-order valence-electron chi connectivity index (χ4n) is 1.41. The average Bonchev–Trinajstić information content (AvgIpc) is 1.86. The van der Waals surface area contributed by atoms with Crippen molar-refractivity contribution in [3.05, 3.63) is 0 Å². The summed E-state index contributed by atoms with van der Waals surface area (Å²) in [6, 6.07) is 0. The van der Waals surface area contributed by atoms with Crippen LogP contribution in [0.15, 0.2) is 0 Å². The highest BCUT2D eigenvalue weighted by atomic mass is 35.7. The lowest BCUT2D eigenvalue weighted by atomic mass is 9.97. The fourth-order valence-corrected chi connectivity index (χ4v) is 2.99. The number of rotatable bonds is 1. The molecule has 0 aromatic rings. The molecule has 0 aliphatic heterocycles. The molecule has 0 aromatic carbocycles. The summed E-state index contributed by atoms with van der Waals surface area (Å²) in [7, 11) is 1.57. The molecule has 0 radical (unpaired) electrons. The highest BCUT2D eigenvalue weighted by molar-refractivity contribution is 8.14. The summed E-state index contributed by atoms with van der Waals surface area (Å²) in [5.74, 6) is 0. The van der Waals surface area contributed by atoms with E-state index >= 15 is 0 Å². The van der Waals surface area contributed by atoms with Gasteiger partial charge in [-0.2, -0.15) is 0 Å². The zero-order valence-electron chi connectivity index (χ0n) is 6.03. The molecule has 2 atom stereocenters. The Bertz CT molecular complexity index is 224.